The Morgan fingerprint density at radius 2 is 1.23 bits per heavy atom. The van der Waals surface area contributed by atoms with Gasteiger partial charge in [-0.2, -0.15) is 0 Å². The first-order chi connectivity index (χ1) is 14.4. The maximum Gasteiger partial charge on any atom is 0.0445 e. The molecule has 31 heavy (non-hydrogen) atoms. The van der Waals surface area contributed by atoms with Crippen molar-refractivity contribution in [3.63, 3.8) is 0 Å². The number of allylic oxidation sites excluding steroid dienone is 9. The van der Waals surface area contributed by atoms with Crippen molar-refractivity contribution >= 4 is 5.71 Å². The Balaban J connectivity index is -0.000000396. The third-order valence-corrected chi connectivity index (χ3v) is 5.24. The van der Waals surface area contributed by atoms with E-state index in [0.29, 0.717) is 5.92 Å². The molecule has 0 bridgehead atoms. The van der Waals surface area contributed by atoms with Gasteiger partial charge in [0, 0.05) is 11.4 Å². The Hall–Kier alpha value is -1.63. The molecule has 0 atom stereocenters. The van der Waals surface area contributed by atoms with Gasteiger partial charge in [0.05, 0.1) is 0 Å². The highest BCUT2D eigenvalue weighted by Crippen LogP contribution is 2.21. The van der Waals surface area contributed by atoms with Gasteiger partial charge in [-0.25, -0.2) is 0 Å². The van der Waals surface area contributed by atoms with Crippen molar-refractivity contribution in [2.24, 2.45) is 10.9 Å². The van der Waals surface area contributed by atoms with E-state index in [9.17, 15) is 0 Å². The van der Waals surface area contributed by atoms with Gasteiger partial charge in [-0.15, -0.1) is 0 Å². The molecule has 0 heterocycles. The smallest absolute Gasteiger partial charge is 0.0445 e. The molecule has 0 unspecified atom stereocenters. The summed E-state index contributed by atoms with van der Waals surface area (Å²) in [5.74, 6) is 0.567. The Labute approximate surface area is 198 Å². The van der Waals surface area contributed by atoms with Crippen LogP contribution in [0.3, 0.4) is 0 Å². The molecule has 0 fully saturated rings. The Kier molecular flexibility index (Phi) is 27.3. The largest absolute Gasteiger partial charge is 0.258 e. The van der Waals surface area contributed by atoms with Crippen molar-refractivity contribution in [1.29, 1.82) is 0 Å². The molecule has 0 saturated heterocycles. The van der Waals surface area contributed by atoms with E-state index in [1.54, 1.807) is 0 Å². The molecular weight excluding hydrogens is 374 g/mol. The van der Waals surface area contributed by atoms with Crippen LogP contribution in [-0.2, 0) is 0 Å². The van der Waals surface area contributed by atoms with Gasteiger partial charge in [0.1, 0.15) is 0 Å². The highest BCUT2D eigenvalue weighted by molar-refractivity contribution is 6.02. The van der Waals surface area contributed by atoms with Crippen molar-refractivity contribution in [3.8, 4) is 0 Å². The van der Waals surface area contributed by atoms with Gasteiger partial charge in [-0.3, -0.25) is 4.99 Å². The average Bonchev–Trinajstić information content (AvgIpc) is 2.79. The van der Waals surface area contributed by atoms with E-state index in [4.69, 9.17) is 4.99 Å². The second-order valence-corrected chi connectivity index (χ2v) is 7.71. The normalized spacial score (nSPS) is 13.5. The summed E-state index contributed by atoms with van der Waals surface area (Å²) in [5.41, 5.74) is 9.41. The second-order valence-electron chi connectivity index (χ2n) is 7.71. The summed E-state index contributed by atoms with van der Waals surface area (Å²) >= 11 is 0. The molecule has 0 amide bonds. The maximum atomic E-state index is 4.76. The van der Waals surface area contributed by atoms with Crippen LogP contribution < -0.4 is 0 Å². The number of aliphatic imine (C=N–C) groups is 1. The van der Waals surface area contributed by atoms with E-state index in [-0.39, 0.29) is 0 Å². The molecule has 1 heteroatoms. The summed E-state index contributed by atoms with van der Waals surface area (Å²) in [7, 11) is 0. The zero-order valence-electron chi connectivity index (χ0n) is 24.3. The van der Waals surface area contributed by atoms with Crippen molar-refractivity contribution < 1.29 is 0 Å². The minimum Gasteiger partial charge on any atom is -0.258 e. The van der Waals surface area contributed by atoms with Crippen LogP contribution in [0.4, 0.5) is 0 Å². The van der Waals surface area contributed by atoms with Crippen LogP contribution in [0, 0.1) is 5.92 Å². The molecule has 0 saturated carbocycles. The van der Waals surface area contributed by atoms with Gasteiger partial charge in [0.25, 0.3) is 0 Å². The van der Waals surface area contributed by atoms with Gasteiger partial charge < -0.3 is 0 Å². The summed E-state index contributed by atoms with van der Waals surface area (Å²) in [6.07, 6.45) is 7.02. The molecular formula is C30H57N. The lowest BCUT2D eigenvalue weighted by Crippen LogP contribution is -2.01. The quantitative estimate of drug-likeness (QED) is 0.280. The molecule has 182 valence electrons. The lowest BCUT2D eigenvalue weighted by atomic mass is 9.96. The van der Waals surface area contributed by atoms with Gasteiger partial charge in [-0.05, 0) is 83.6 Å². The lowest BCUT2D eigenvalue weighted by molar-refractivity contribution is 0.768. The van der Waals surface area contributed by atoms with Crippen LogP contribution in [-0.4, -0.2) is 5.71 Å². The lowest BCUT2D eigenvalue weighted by Gasteiger charge is -2.12. The van der Waals surface area contributed by atoms with E-state index >= 15 is 0 Å². The predicted molar refractivity (Wildman–Crippen MR) is 150 cm³/mol. The highest BCUT2D eigenvalue weighted by atomic mass is 14.7. The van der Waals surface area contributed by atoms with Crippen LogP contribution >= 0.6 is 0 Å². The molecule has 0 aromatic carbocycles. The monoisotopic (exact) mass is 431 g/mol. The zero-order chi connectivity index (χ0) is 25.7. The van der Waals surface area contributed by atoms with Crippen molar-refractivity contribution in [2.75, 3.05) is 0 Å². The first-order valence-electron chi connectivity index (χ1n) is 12.4. The zero-order valence-corrected chi connectivity index (χ0v) is 24.3. The SMILES string of the molecule is C=C(C(C)=N/C(C)=C(C)/C(C)=C\C)/C(C)=C(C)/C=C(\C)C(C)C.CC.CC.CCCC. The third kappa shape index (κ3) is 17.7. The molecule has 1 nitrogen and oxygen atoms in total. The van der Waals surface area contributed by atoms with Crippen LogP contribution in [0.15, 0.2) is 62.9 Å². The molecule has 0 aliphatic carbocycles. The molecule has 0 N–H and O–H groups in total. The molecule has 0 rings (SSSR count). The molecule has 0 aromatic rings. The first kappa shape index (κ1) is 36.7. The number of hydrogen-bond donors (Lipinski definition) is 0. The number of rotatable bonds is 7. The minimum absolute atomic E-state index is 0.567. The number of unbranched alkanes of at least 4 members (excludes halogenated alkanes) is 1. The first-order valence-corrected chi connectivity index (χ1v) is 12.4. The predicted octanol–water partition coefficient (Wildman–Crippen LogP) is 11.1. The summed E-state index contributed by atoms with van der Waals surface area (Å²) in [4.78, 5) is 4.76. The Bertz CT molecular complexity index is 629. The van der Waals surface area contributed by atoms with Crippen LogP contribution in [0.2, 0.25) is 0 Å². The van der Waals surface area contributed by atoms with Gasteiger partial charge in [-0.1, -0.05) is 98.1 Å². The van der Waals surface area contributed by atoms with Crippen molar-refractivity contribution in [2.45, 2.75) is 124 Å². The van der Waals surface area contributed by atoms with E-state index in [2.05, 4.69) is 94.9 Å². The second kappa shape index (κ2) is 23.0. The fourth-order valence-electron chi connectivity index (χ4n) is 2.03. The molecule has 0 aromatic heterocycles. The fourth-order valence-corrected chi connectivity index (χ4v) is 2.03. The third-order valence-electron chi connectivity index (χ3n) is 5.24. The van der Waals surface area contributed by atoms with E-state index in [0.717, 1.165) is 17.0 Å². The number of hydrogen-bond acceptors (Lipinski definition) is 1. The van der Waals surface area contributed by atoms with Crippen molar-refractivity contribution in [1.82, 2.24) is 0 Å². The van der Waals surface area contributed by atoms with Gasteiger partial charge in [0.2, 0.25) is 0 Å². The molecule has 0 spiro atoms. The van der Waals surface area contributed by atoms with Crippen LogP contribution in [0.25, 0.3) is 0 Å². The fraction of sp³-hybridized carbons (Fsp3) is 0.633. The molecule has 0 radical (unpaired) electrons. The Morgan fingerprint density at radius 1 is 0.806 bits per heavy atom. The summed E-state index contributed by atoms with van der Waals surface area (Å²) < 4.78 is 0. The standard InChI is InChI=1S/C22H35N.C4H10.2C2H6/c1-12-15(4)19(8)21(10)23-22(11)20(9)18(7)17(6)13-16(5)14(2)3;1-3-4-2;2*1-2/h12-14H,9H2,1-8,10-11H3;3-4H2,1-2H3;2*1-2H3/b15-12-,16-13+,18-17+,21-19+,23-22?;;;. The van der Waals surface area contributed by atoms with E-state index in [1.165, 1.54) is 40.7 Å². The highest BCUT2D eigenvalue weighted by Gasteiger charge is 2.06. The van der Waals surface area contributed by atoms with Crippen LogP contribution in [0.1, 0.15) is 124 Å². The van der Waals surface area contributed by atoms with E-state index in [1.807, 2.05) is 34.6 Å². The van der Waals surface area contributed by atoms with E-state index < -0.39 is 0 Å². The van der Waals surface area contributed by atoms with Crippen LogP contribution in [0.5, 0.6) is 0 Å². The van der Waals surface area contributed by atoms with Gasteiger partial charge >= 0.3 is 0 Å². The van der Waals surface area contributed by atoms with Crippen molar-refractivity contribution in [3.05, 3.63) is 57.9 Å². The summed E-state index contributed by atoms with van der Waals surface area (Å²) in [5, 5.41) is 0. The summed E-state index contributed by atoms with van der Waals surface area (Å²) in [6.45, 7) is 37.9. The molecule has 0 aliphatic heterocycles. The topological polar surface area (TPSA) is 12.4 Å². The molecule has 0 aliphatic rings. The summed E-state index contributed by atoms with van der Waals surface area (Å²) in [6, 6.07) is 0. The average molecular weight is 432 g/mol. The maximum absolute atomic E-state index is 4.76. The Morgan fingerprint density at radius 3 is 1.55 bits per heavy atom. The van der Waals surface area contributed by atoms with Gasteiger partial charge in [0.15, 0.2) is 0 Å². The minimum atomic E-state index is 0.567. The number of nitrogens with zero attached hydrogens (tertiary/aromatic N) is 1.